The zero-order valence-electron chi connectivity index (χ0n) is 33.4. The van der Waals surface area contributed by atoms with Gasteiger partial charge in [-0.05, 0) is 63.4 Å². The molecule has 1 amide bonds. The van der Waals surface area contributed by atoms with Gasteiger partial charge in [-0.2, -0.15) is 13.9 Å². The highest BCUT2D eigenvalue weighted by molar-refractivity contribution is 6.33. The lowest BCUT2D eigenvalue weighted by Crippen LogP contribution is -2.44. The average molecular weight is 838 g/mol. The van der Waals surface area contributed by atoms with E-state index in [2.05, 4.69) is 20.2 Å². The summed E-state index contributed by atoms with van der Waals surface area (Å²) in [5.41, 5.74) is 6.60. The Bertz CT molecular complexity index is 1780. The SMILES string of the molecule is CC.CC(C)(C)F.CC(C)(NC=O)C(F)F.CF.COCC(c1ccc(Cl)c(-c2ncnn2F)c1)N(C)C(N)=NC(C=O)c1ccc(-c2cnn(C(F)F)c2)cc1. The average Bonchev–Trinajstić information content (AvgIpc) is 3.84. The summed E-state index contributed by atoms with van der Waals surface area (Å²) in [5.74, 6) is -0.0186. The number of aldehydes is 1. The number of likely N-dealkylation sites (N-methyl/N-ethyl adjacent to an activating group) is 1. The monoisotopic (exact) mass is 837 g/mol. The first-order valence-corrected chi connectivity index (χ1v) is 17.5. The van der Waals surface area contributed by atoms with Crippen molar-refractivity contribution in [3.05, 3.63) is 77.3 Å². The number of hydrogen-bond donors (Lipinski definition) is 2. The van der Waals surface area contributed by atoms with Gasteiger partial charge in [0.05, 0.1) is 36.6 Å². The first-order valence-electron chi connectivity index (χ1n) is 17.1. The van der Waals surface area contributed by atoms with Crippen LogP contribution in [0.4, 0.5) is 30.8 Å². The molecule has 2 heterocycles. The first-order chi connectivity index (χ1) is 26.7. The van der Waals surface area contributed by atoms with E-state index in [0.717, 1.165) is 6.33 Å². The number of hydrogen-bond acceptors (Lipinski definition) is 7. The molecule has 2 aromatic heterocycles. The van der Waals surface area contributed by atoms with E-state index in [0.29, 0.717) is 46.0 Å². The zero-order valence-corrected chi connectivity index (χ0v) is 34.2. The van der Waals surface area contributed by atoms with Gasteiger partial charge in [-0.3, -0.25) is 9.18 Å². The van der Waals surface area contributed by atoms with Crippen molar-refractivity contribution in [1.82, 2.24) is 35.0 Å². The molecule has 57 heavy (non-hydrogen) atoms. The number of alkyl halides is 6. The van der Waals surface area contributed by atoms with E-state index in [1.54, 1.807) is 54.4 Å². The molecule has 2 atom stereocenters. The minimum atomic E-state index is -2.74. The Morgan fingerprint density at radius 1 is 1.00 bits per heavy atom. The fourth-order valence-electron chi connectivity index (χ4n) is 4.17. The highest BCUT2D eigenvalue weighted by Gasteiger charge is 2.28. The molecule has 0 fully saturated rings. The number of rotatable bonds is 13. The molecule has 0 saturated heterocycles. The fraction of sp³-hybridized carbons (Fsp3) is 0.459. The van der Waals surface area contributed by atoms with Crippen LogP contribution in [0.3, 0.4) is 0 Å². The molecule has 0 aliphatic carbocycles. The molecular weight excluding hydrogens is 787 g/mol. The maximum atomic E-state index is 14.0. The third kappa shape index (κ3) is 17.3. The molecule has 20 heteroatoms. The lowest BCUT2D eigenvalue weighted by atomic mass is 10.0. The van der Waals surface area contributed by atoms with Gasteiger partial charge in [-0.1, -0.05) is 65.2 Å². The van der Waals surface area contributed by atoms with Gasteiger partial charge in [0.25, 0.3) is 6.43 Å². The van der Waals surface area contributed by atoms with Crippen LogP contribution in [0.15, 0.2) is 66.2 Å². The number of ether oxygens (including phenoxy) is 1. The number of halogens is 8. The predicted octanol–water partition coefficient (Wildman–Crippen LogP) is 8.61. The van der Waals surface area contributed by atoms with Crippen LogP contribution in [0.25, 0.3) is 22.5 Å². The van der Waals surface area contributed by atoms with Gasteiger partial charge in [0.15, 0.2) is 11.8 Å². The molecule has 0 aliphatic heterocycles. The van der Waals surface area contributed by atoms with Crippen molar-refractivity contribution in [3.8, 4) is 22.5 Å². The standard InChI is InChI=1S/C25H24ClF3N8O2.C5H9F2NO.C4H9F.C2H6.CH3F/c1-35(22(13-39-2)17-7-8-20(26)19(9-17)23-31-14-33-37(23)29)25(30)34-21(12-38)16-5-3-15(4-6-16)18-10-32-36(11-18)24(27)28;1-5(2,4(6)7)8-3-9;1-4(2,3)5;2*1-2/h3-12,14,21-22,24H,13H2,1-2H3,(H2,30,34);3-4H,1-2H3,(H,8,9);1-3H3;1-2H3;1H3. The third-order valence-electron chi connectivity index (χ3n) is 7.04. The summed E-state index contributed by atoms with van der Waals surface area (Å²) in [6.45, 7) is 8.52. The van der Waals surface area contributed by atoms with E-state index >= 15 is 0 Å². The highest BCUT2D eigenvalue weighted by atomic mass is 35.5. The van der Waals surface area contributed by atoms with Crippen molar-refractivity contribution >= 4 is 30.3 Å². The Balaban J connectivity index is 0.00000146. The number of methoxy groups -OCH3 is 1. The third-order valence-corrected chi connectivity index (χ3v) is 7.37. The predicted molar refractivity (Wildman–Crippen MR) is 207 cm³/mol. The molecule has 4 aromatic rings. The number of nitrogens with one attached hydrogen (secondary N) is 1. The van der Waals surface area contributed by atoms with Crippen LogP contribution in [0.5, 0.6) is 0 Å². The largest absolute Gasteiger partial charge is 0.382 e. The summed E-state index contributed by atoms with van der Waals surface area (Å²) in [4.78, 5) is 31.7. The maximum Gasteiger partial charge on any atom is 0.333 e. The summed E-state index contributed by atoms with van der Waals surface area (Å²) in [6, 6.07) is 10.3. The second-order valence-corrected chi connectivity index (χ2v) is 13.2. The number of nitrogens with zero attached hydrogens (tertiary/aromatic N) is 7. The van der Waals surface area contributed by atoms with Crippen LogP contribution in [-0.2, 0) is 14.3 Å². The molecular formula is C37H51ClF7N9O3. The van der Waals surface area contributed by atoms with E-state index in [9.17, 15) is 40.4 Å². The molecule has 0 radical (unpaired) electrons. The number of nitrogens with two attached hydrogens (primary N) is 1. The molecule has 2 unspecified atom stereocenters. The van der Waals surface area contributed by atoms with E-state index in [4.69, 9.17) is 22.1 Å². The quantitative estimate of drug-likeness (QED) is 0.0590. The van der Waals surface area contributed by atoms with Crippen LogP contribution < -0.4 is 11.1 Å². The second kappa shape index (κ2) is 25.3. The van der Waals surface area contributed by atoms with E-state index in [-0.39, 0.29) is 34.7 Å². The second-order valence-electron chi connectivity index (χ2n) is 12.8. The van der Waals surface area contributed by atoms with Crippen LogP contribution in [0, 0.1) is 0 Å². The lowest BCUT2D eigenvalue weighted by Gasteiger charge is -2.29. The summed E-state index contributed by atoms with van der Waals surface area (Å²) in [5, 5.41) is 9.35. The van der Waals surface area contributed by atoms with Crippen LogP contribution in [0.2, 0.25) is 5.02 Å². The Kier molecular flexibility index (Phi) is 23.0. The maximum absolute atomic E-state index is 14.0. The van der Waals surface area contributed by atoms with Crippen LogP contribution in [-0.4, -0.2) is 93.9 Å². The molecule has 0 saturated carbocycles. The molecule has 0 aliphatic rings. The van der Waals surface area contributed by atoms with Gasteiger partial charge < -0.3 is 25.5 Å². The normalized spacial score (nSPS) is 12.3. The first kappa shape index (κ1) is 52.0. The minimum absolute atomic E-state index is 0.0431. The zero-order chi connectivity index (χ0) is 44.1. The van der Waals surface area contributed by atoms with E-state index in [1.165, 1.54) is 54.1 Å². The molecule has 12 nitrogen and oxygen atoms in total. The fourth-order valence-corrected chi connectivity index (χ4v) is 4.37. The van der Waals surface area contributed by atoms with Gasteiger partial charge in [0.1, 0.15) is 24.3 Å². The number of aromatic nitrogens is 5. The Morgan fingerprint density at radius 2 is 1.56 bits per heavy atom. The minimum Gasteiger partial charge on any atom is -0.382 e. The molecule has 318 valence electrons. The van der Waals surface area contributed by atoms with Gasteiger partial charge in [-0.25, -0.2) is 27.8 Å². The van der Waals surface area contributed by atoms with Crippen molar-refractivity contribution in [1.29, 1.82) is 0 Å². The molecule has 3 N–H and O–H groups in total. The highest BCUT2D eigenvalue weighted by Crippen LogP contribution is 2.32. The van der Waals surface area contributed by atoms with Crippen molar-refractivity contribution < 1.29 is 45.1 Å². The van der Waals surface area contributed by atoms with Gasteiger partial charge in [0, 0.05) is 31.5 Å². The number of benzene rings is 2. The van der Waals surface area contributed by atoms with Gasteiger partial charge >= 0.3 is 6.55 Å². The van der Waals surface area contributed by atoms with E-state index < -0.39 is 36.3 Å². The summed E-state index contributed by atoms with van der Waals surface area (Å²) >= 11 is 6.29. The molecule has 2 aromatic carbocycles. The number of guanidine groups is 1. The number of carbonyl (C=O) groups excluding carboxylic acids is 2. The molecule has 0 bridgehead atoms. The topological polar surface area (TPSA) is 146 Å². The number of carbonyl (C=O) groups is 2. The summed E-state index contributed by atoms with van der Waals surface area (Å²) < 4.78 is 90.4. The molecule has 0 spiro atoms. The molecule has 4 rings (SSSR count). The van der Waals surface area contributed by atoms with Crippen LogP contribution in [0.1, 0.15) is 78.2 Å². The van der Waals surface area contributed by atoms with Crippen molar-refractivity contribution in [2.45, 2.75) is 84.7 Å². The van der Waals surface area contributed by atoms with Crippen molar-refractivity contribution in [3.63, 3.8) is 0 Å². The number of aliphatic imine (C=N–C) groups is 1. The Hall–Kier alpha value is -5.04. The van der Waals surface area contributed by atoms with Gasteiger partial charge in [0.2, 0.25) is 6.41 Å². The summed E-state index contributed by atoms with van der Waals surface area (Å²) in [6.07, 6.45) is 2.03. The Labute approximate surface area is 333 Å². The number of amides is 1. The van der Waals surface area contributed by atoms with Crippen LogP contribution >= 0.6 is 11.6 Å². The summed E-state index contributed by atoms with van der Waals surface area (Å²) in [7, 11) is 3.70. The van der Waals surface area contributed by atoms with Crippen molar-refractivity contribution in [2.24, 2.45) is 10.7 Å². The van der Waals surface area contributed by atoms with Crippen molar-refractivity contribution in [2.75, 3.05) is 27.9 Å². The Morgan fingerprint density at radius 3 is 1.98 bits per heavy atom. The lowest BCUT2D eigenvalue weighted by molar-refractivity contribution is -0.112. The van der Waals surface area contributed by atoms with E-state index in [1.807, 2.05) is 19.2 Å². The smallest absolute Gasteiger partial charge is 0.333 e. The van der Waals surface area contributed by atoms with Gasteiger partial charge in [-0.15, -0.1) is 5.10 Å².